The number of methoxy groups -OCH3 is 2. The summed E-state index contributed by atoms with van der Waals surface area (Å²) in [6, 6.07) is 19.0. The molecule has 2 amide bonds. The lowest BCUT2D eigenvalue weighted by Gasteiger charge is -2.32. The smallest absolute Gasteiger partial charge is 0.254 e. The maximum atomic E-state index is 13.4. The van der Waals surface area contributed by atoms with E-state index in [0.717, 1.165) is 40.7 Å². The van der Waals surface area contributed by atoms with E-state index in [0.29, 0.717) is 25.2 Å². The molecule has 0 spiro atoms. The maximum Gasteiger partial charge on any atom is 0.254 e. The number of nitrogens with zero attached hydrogens (tertiary/aromatic N) is 1. The average Bonchev–Trinajstić information content (AvgIpc) is 2.86. The van der Waals surface area contributed by atoms with Crippen molar-refractivity contribution in [1.29, 1.82) is 0 Å². The zero-order chi connectivity index (χ0) is 22.5. The molecule has 0 aliphatic carbocycles. The van der Waals surface area contributed by atoms with Crippen molar-refractivity contribution in [2.24, 2.45) is 5.92 Å². The molecule has 32 heavy (non-hydrogen) atoms. The summed E-state index contributed by atoms with van der Waals surface area (Å²) in [4.78, 5) is 28.0. The summed E-state index contributed by atoms with van der Waals surface area (Å²) in [5, 5.41) is 4.78. The fourth-order valence-corrected chi connectivity index (χ4v) is 4.36. The van der Waals surface area contributed by atoms with E-state index < -0.39 is 0 Å². The Morgan fingerprint density at radius 3 is 2.44 bits per heavy atom. The highest BCUT2D eigenvalue weighted by atomic mass is 16.5. The minimum absolute atomic E-state index is 0.0343. The van der Waals surface area contributed by atoms with Gasteiger partial charge in [0.25, 0.3) is 5.91 Å². The van der Waals surface area contributed by atoms with Crippen LogP contribution in [0.5, 0.6) is 11.5 Å². The first-order valence-electron chi connectivity index (χ1n) is 10.9. The van der Waals surface area contributed by atoms with Crippen molar-refractivity contribution in [1.82, 2.24) is 10.2 Å². The van der Waals surface area contributed by atoms with Crippen LogP contribution in [-0.4, -0.2) is 44.0 Å². The summed E-state index contributed by atoms with van der Waals surface area (Å²) in [6.45, 7) is 1.46. The van der Waals surface area contributed by atoms with Gasteiger partial charge in [0, 0.05) is 36.1 Å². The summed E-state index contributed by atoms with van der Waals surface area (Å²) in [7, 11) is 3.25. The quantitative estimate of drug-likeness (QED) is 0.639. The van der Waals surface area contributed by atoms with Crippen molar-refractivity contribution in [2.75, 3.05) is 27.3 Å². The van der Waals surface area contributed by atoms with Crippen LogP contribution in [-0.2, 0) is 11.3 Å². The van der Waals surface area contributed by atoms with E-state index in [-0.39, 0.29) is 17.7 Å². The highest BCUT2D eigenvalue weighted by Crippen LogP contribution is 2.30. The minimum atomic E-state index is -0.230. The largest absolute Gasteiger partial charge is 0.496 e. The van der Waals surface area contributed by atoms with Gasteiger partial charge >= 0.3 is 0 Å². The van der Waals surface area contributed by atoms with Gasteiger partial charge in [-0.3, -0.25) is 9.59 Å². The summed E-state index contributed by atoms with van der Waals surface area (Å²) in [5.41, 5.74) is 1.56. The number of benzene rings is 3. The first-order valence-corrected chi connectivity index (χ1v) is 10.9. The van der Waals surface area contributed by atoms with E-state index in [2.05, 4.69) is 5.32 Å². The van der Waals surface area contributed by atoms with Crippen molar-refractivity contribution in [3.8, 4) is 11.5 Å². The van der Waals surface area contributed by atoms with Crippen LogP contribution in [0.1, 0.15) is 28.8 Å². The number of amides is 2. The molecular formula is C26H28N2O4. The lowest BCUT2D eigenvalue weighted by atomic mass is 9.95. The molecule has 4 rings (SSSR count). The van der Waals surface area contributed by atoms with Crippen LogP contribution in [0.15, 0.2) is 60.7 Å². The Bertz CT molecular complexity index is 1130. The van der Waals surface area contributed by atoms with Gasteiger partial charge in [0.2, 0.25) is 5.91 Å². The molecular weight excluding hydrogens is 404 g/mol. The summed E-state index contributed by atoms with van der Waals surface area (Å²) >= 11 is 0. The fourth-order valence-electron chi connectivity index (χ4n) is 4.36. The molecule has 1 saturated heterocycles. The molecule has 6 heteroatoms. The molecule has 0 aromatic heterocycles. The first kappa shape index (κ1) is 21.7. The SMILES string of the molecule is COc1ccccc1CNC(=O)[C@H]1CCCN(C(=O)c2ccc(OC)c3ccccc23)C1. The molecule has 3 aromatic carbocycles. The molecule has 1 N–H and O–H groups in total. The lowest BCUT2D eigenvalue weighted by molar-refractivity contribution is -0.126. The van der Waals surface area contributed by atoms with Gasteiger partial charge in [0.05, 0.1) is 20.1 Å². The highest BCUT2D eigenvalue weighted by molar-refractivity contribution is 6.08. The highest BCUT2D eigenvalue weighted by Gasteiger charge is 2.29. The van der Waals surface area contributed by atoms with Crippen molar-refractivity contribution >= 4 is 22.6 Å². The van der Waals surface area contributed by atoms with Gasteiger partial charge in [-0.15, -0.1) is 0 Å². The number of rotatable bonds is 6. The third-order valence-electron chi connectivity index (χ3n) is 6.06. The number of carbonyl (C=O) groups excluding carboxylic acids is 2. The van der Waals surface area contributed by atoms with Gasteiger partial charge < -0.3 is 19.7 Å². The van der Waals surface area contributed by atoms with Gasteiger partial charge in [0.15, 0.2) is 0 Å². The second-order valence-electron chi connectivity index (χ2n) is 7.98. The molecule has 0 bridgehead atoms. The van der Waals surface area contributed by atoms with Crippen molar-refractivity contribution < 1.29 is 19.1 Å². The predicted molar refractivity (Wildman–Crippen MR) is 124 cm³/mol. The van der Waals surface area contributed by atoms with E-state index in [4.69, 9.17) is 9.47 Å². The Labute approximate surface area is 188 Å². The van der Waals surface area contributed by atoms with Crippen molar-refractivity contribution in [3.05, 3.63) is 71.8 Å². The van der Waals surface area contributed by atoms with Crippen molar-refractivity contribution in [3.63, 3.8) is 0 Å². The number of hydrogen-bond donors (Lipinski definition) is 1. The first-order chi connectivity index (χ1) is 15.6. The Balaban J connectivity index is 1.46. The maximum absolute atomic E-state index is 13.4. The number of nitrogens with one attached hydrogen (secondary N) is 1. The monoisotopic (exact) mass is 432 g/mol. The molecule has 0 radical (unpaired) electrons. The molecule has 1 fully saturated rings. The third-order valence-corrected chi connectivity index (χ3v) is 6.06. The van der Waals surface area contributed by atoms with E-state index >= 15 is 0 Å². The fraction of sp³-hybridized carbons (Fsp3) is 0.308. The van der Waals surface area contributed by atoms with E-state index in [1.165, 1.54) is 0 Å². The third kappa shape index (κ3) is 4.40. The van der Waals surface area contributed by atoms with Crippen LogP contribution in [0.3, 0.4) is 0 Å². The second-order valence-corrected chi connectivity index (χ2v) is 7.98. The standard InChI is InChI=1S/C26H28N2O4/c1-31-23-12-6-3-8-18(23)16-27-25(29)19-9-7-15-28(17-19)26(30)22-13-14-24(32-2)21-11-5-4-10-20(21)22/h3-6,8,10-14,19H,7,9,15-17H2,1-2H3,(H,27,29)/t19-/m0/s1. The normalized spacial score (nSPS) is 15.9. The van der Waals surface area contributed by atoms with Gasteiger partial charge in [-0.05, 0) is 36.4 Å². The van der Waals surface area contributed by atoms with Gasteiger partial charge in [-0.25, -0.2) is 0 Å². The number of carbonyl (C=O) groups is 2. The van der Waals surface area contributed by atoms with E-state index in [9.17, 15) is 9.59 Å². The number of ether oxygens (including phenoxy) is 2. The Hall–Kier alpha value is -3.54. The molecule has 0 unspecified atom stereocenters. The molecule has 1 heterocycles. The second kappa shape index (κ2) is 9.73. The number of fused-ring (bicyclic) bond motifs is 1. The van der Waals surface area contributed by atoms with Crippen LogP contribution in [0, 0.1) is 5.92 Å². The number of piperidine rings is 1. The molecule has 166 valence electrons. The summed E-state index contributed by atoms with van der Waals surface area (Å²) in [6.07, 6.45) is 1.57. The molecule has 1 aliphatic rings. The zero-order valence-electron chi connectivity index (χ0n) is 18.5. The molecule has 0 saturated carbocycles. The van der Waals surface area contributed by atoms with Crippen LogP contribution >= 0.6 is 0 Å². The van der Waals surface area contributed by atoms with Crippen LogP contribution in [0.4, 0.5) is 0 Å². The predicted octanol–water partition coefficient (Wildman–Crippen LogP) is 4.03. The average molecular weight is 433 g/mol. The van der Waals surface area contributed by atoms with Gasteiger partial charge in [-0.2, -0.15) is 0 Å². The lowest BCUT2D eigenvalue weighted by Crippen LogP contribution is -2.45. The van der Waals surface area contributed by atoms with E-state index in [1.807, 2.05) is 60.7 Å². The van der Waals surface area contributed by atoms with E-state index in [1.54, 1.807) is 19.1 Å². The van der Waals surface area contributed by atoms with Crippen LogP contribution in [0.2, 0.25) is 0 Å². The zero-order valence-corrected chi connectivity index (χ0v) is 18.5. The van der Waals surface area contributed by atoms with Crippen LogP contribution in [0.25, 0.3) is 10.8 Å². The Morgan fingerprint density at radius 1 is 0.938 bits per heavy atom. The Morgan fingerprint density at radius 2 is 1.66 bits per heavy atom. The number of likely N-dealkylation sites (tertiary alicyclic amines) is 1. The van der Waals surface area contributed by atoms with Gasteiger partial charge in [0.1, 0.15) is 11.5 Å². The topological polar surface area (TPSA) is 67.9 Å². The number of hydrogen-bond acceptors (Lipinski definition) is 4. The summed E-state index contributed by atoms with van der Waals surface area (Å²) in [5.74, 6) is 1.18. The molecule has 6 nitrogen and oxygen atoms in total. The molecule has 1 aliphatic heterocycles. The number of para-hydroxylation sites is 1. The van der Waals surface area contributed by atoms with Crippen molar-refractivity contribution in [2.45, 2.75) is 19.4 Å². The molecule has 3 aromatic rings. The minimum Gasteiger partial charge on any atom is -0.496 e. The van der Waals surface area contributed by atoms with Crippen LogP contribution < -0.4 is 14.8 Å². The van der Waals surface area contributed by atoms with Gasteiger partial charge in [-0.1, -0.05) is 42.5 Å². The Kier molecular flexibility index (Phi) is 6.59. The molecule has 1 atom stereocenters. The summed E-state index contributed by atoms with van der Waals surface area (Å²) < 4.78 is 10.8.